The van der Waals surface area contributed by atoms with Crippen molar-refractivity contribution < 1.29 is 31.5 Å². The number of rotatable bonds is 4. The van der Waals surface area contributed by atoms with Gasteiger partial charge in [-0.25, -0.2) is 8.78 Å². The van der Waals surface area contributed by atoms with Gasteiger partial charge in [0.15, 0.2) is 5.82 Å². The summed E-state index contributed by atoms with van der Waals surface area (Å²) in [6.45, 7) is 3.51. The van der Waals surface area contributed by atoms with Crippen LogP contribution in [0.4, 0.5) is 27.6 Å². The summed E-state index contributed by atoms with van der Waals surface area (Å²) in [5, 5.41) is 11.1. The van der Waals surface area contributed by atoms with E-state index in [-0.39, 0.29) is 11.4 Å². The van der Waals surface area contributed by atoms with Gasteiger partial charge in [-0.1, -0.05) is 17.7 Å². The number of nitrogens with zero attached hydrogens (tertiary/aromatic N) is 1. The van der Waals surface area contributed by atoms with Crippen molar-refractivity contribution in [2.45, 2.75) is 20.0 Å². The molecule has 0 saturated heterocycles. The molecule has 1 amide bonds. The van der Waals surface area contributed by atoms with E-state index in [1.165, 1.54) is 0 Å². The van der Waals surface area contributed by atoms with E-state index < -0.39 is 46.2 Å². The van der Waals surface area contributed by atoms with E-state index in [0.717, 1.165) is 29.8 Å². The van der Waals surface area contributed by atoms with Gasteiger partial charge in [0.25, 0.3) is 5.91 Å². The van der Waals surface area contributed by atoms with Crippen LogP contribution in [0.25, 0.3) is 0 Å². The number of carbonyl (C=O) groups excluding carboxylic acids is 1. The molecule has 0 aliphatic rings. The first-order valence-electron chi connectivity index (χ1n) is 9.17. The number of ether oxygens (including phenoxy) is 1. The normalized spacial score (nSPS) is 11.1. The first kappa shape index (κ1) is 22.7. The average Bonchev–Trinajstić information content (AvgIpc) is 2.70. The number of hydrogen-bond donors (Lipinski definition) is 1. The maximum absolute atomic E-state index is 14.9. The Morgan fingerprint density at radius 3 is 2.31 bits per heavy atom. The third kappa shape index (κ3) is 4.70. The van der Waals surface area contributed by atoms with Gasteiger partial charge in [-0.05, 0) is 55.8 Å². The molecule has 9 heteroatoms. The summed E-state index contributed by atoms with van der Waals surface area (Å²) in [5.41, 5.74) is -1.62. The van der Waals surface area contributed by atoms with Crippen LogP contribution in [0, 0.1) is 36.8 Å². The minimum Gasteiger partial charge on any atom is -0.456 e. The predicted octanol–water partition coefficient (Wildman–Crippen LogP) is 6.52. The van der Waals surface area contributed by atoms with Crippen LogP contribution in [-0.2, 0) is 6.18 Å². The molecule has 0 saturated carbocycles. The lowest BCUT2D eigenvalue weighted by Gasteiger charge is -2.17. The molecule has 0 fully saturated rings. The molecule has 164 valence electrons. The predicted molar refractivity (Wildman–Crippen MR) is 106 cm³/mol. The second kappa shape index (κ2) is 8.67. The van der Waals surface area contributed by atoms with E-state index >= 15 is 0 Å². The van der Waals surface area contributed by atoms with Crippen LogP contribution >= 0.6 is 0 Å². The fourth-order valence-electron chi connectivity index (χ4n) is 2.99. The molecule has 0 aliphatic heterocycles. The average molecular weight is 446 g/mol. The quantitative estimate of drug-likeness (QED) is 0.465. The van der Waals surface area contributed by atoms with Crippen molar-refractivity contribution in [3.63, 3.8) is 0 Å². The van der Waals surface area contributed by atoms with Gasteiger partial charge in [0.1, 0.15) is 28.9 Å². The van der Waals surface area contributed by atoms with Gasteiger partial charge in [-0.3, -0.25) is 4.79 Å². The highest BCUT2D eigenvalue weighted by Crippen LogP contribution is 2.38. The minimum absolute atomic E-state index is 0.109. The smallest absolute Gasteiger partial charge is 0.419 e. The van der Waals surface area contributed by atoms with Crippen LogP contribution in [0.5, 0.6) is 11.5 Å². The van der Waals surface area contributed by atoms with Crippen molar-refractivity contribution in [3.05, 3.63) is 88.0 Å². The zero-order valence-corrected chi connectivity index (χ0v) is 16.8. The summed E-state index contributed by atoms with van der Waals surface area (Å²) < 4.78 is 73.7. The van der Waals surface area contributed by atoms with E-state index in [0.29, 0.717) is 11.6 Å². The zero-order valence-electron chi connectivity index (χ0n) is 16.8. The van der Waals surface area contributed by atoms with E-state index in [2.05, 4.69) is 5.32 Å². The summed E-state index contributed by atoms with van der Waals surface area (Å²) in [6, 6.07) is 10.8. The van der Waals surface area contributed by atoms with Gasteiger partial charge in [0.05, 0.1) is 11.1 Å². The van der Waals surface area contributed by atoms with Crippen LogP contribution in [-0.4, -0.2) is 5.91 Å². The van der Waals surface area contributed by atoms with Gasteiger partial charge in [0.2, 0.25) is 0 Å². The number of aryl methyl sites for hydroxylation is 2. The van der Waals surface area contributed by atoms with E-state index in [1.54, 1.807) is 31.2 Å². The molecular weight excluding hydrogens is 431 g/mol. The number of halogens is 5. The summed E-state index contributed by atoms with van der Waals surface area (Å²) >= 11 is 0. The lowest BCUT2D eigenvalue weighted by atomic mass is 10.1. The molecule has 3 aromatic carbocycles. The van der Waals surface area contributed by atoms with Crippen molar-refractivity contribution >= 4 is 11.6 Å². The lowest BCUT2D eigenvalue weighted by Crippen LogP contribution is -2.19. The Morgan fingerprint density at radius 2 is 1.69 bits per heavy atom. The third-order valence-corrected chi connectivity index (χ3v) is 4.53. The van der Waals surface area contributed by atoms with Crippen LogP contribution in [0.15, 0.2) is 48.5 Å². The minimum atomic E-state index is -5.05. The Morgan fingerprint density at radius 1 is 1.00 bits per heavy atom. The van der Waals surface area contributed by atoms with Crippen LogP contribution in [0.1, 0.15) is 32.6 Å². The molecule has 0 radical (unpaired) electrons. The van der Waals surface area contributed by atoms with Gasteiger partial charge < -0.3 is 10.1 Å². The molecule has 0 spiro atoms. The van der Waals surface area contributed by atoms with Gasteiger partial charge in [-0.15, -0.1) is 0 Å². The van der Waals surface area contributed by atoms with Crippen LogP contribution in [0.3, 0.4) is 0 Å². The lowest BCUT2D eigenvalue weighted by molar-refractivity contribution is -0.140. The summed E-state index contributed by atoms with van der Waals surface area (Å²) in [6.07, 6.45) is -5.05. The van der Waals surface area contributed by atoms with Crippen molar-refractivity contribution in [2.75, 3.05) is 5.32 Å². The van der Waals surface area contributed by atoms with E-state index in [1.807, 2.05) is 6.92 Å². The fraction of sp³-hybridized carbons (Fsp3) is 0.130. The van der Waals surface area contributed by atoms with E-state index in [9.17, 15) is 26.7 Å². The first-order chi connectivity index (χ1) is 15.0. The number of anilines is 1. The Labute approximate surface area is 179 Å². The van der Waals surface area contributed by atoms with Crippen LogP contribution in [0.2, 0.25) is 0 Å². The highest BCUT2D eigenvalue weighted by Gasteiger charge is 2.37. The Balaban J connectivity index is 2.08. The number of hydrogen-bond acceptors (Lipinski definition) is 3. The van der Waals surface area contributed by atoms with Crippen molar-refractivity contribution in [2.24, 2.45) is 0 Å². The first-order valence-corrected chi connectivity index (χ1v) is 9.17. The van der Waals surface area contributed by atoms with Gasteiger partial charge in [0, 0.05) is 5.69 Å². The summed E-state index contributed by atoms with van der Waals surface area (Å²) in [5.74, 6) is -4.15. The SMILES string of the molecule is Cc1ccc(Oc2ccc(C(F)(F)F)c(F)c2C(=O)Nc2ccc(F)c(C#N)c2)c(C)c1. The molecular formula is C23H15F5N2O2. The number of nitriles is 1. The monoisotopic (exact) mass is 446 g/mol. The number of nitrogens with one attached hydrogen (secondary N) is 1. The van der Waals surface area contributed by atoms with Crippen molar-refractivity contribution in [1.29, 1.82) is 5.26 Å². The molecule has 3 aromatic rings. The van der Waals surface area contributed by atoms with Crippen LogP contribution < -0.4 is 10.1 Å². The highest BCUT2D eigenvalue weighted by atomic mass is 19.4. The maximum Gasteiger partial charge on any atom is 0.419 e. The second-order valence-electron chi connectivity index (χ2n) is 6.93. The number of alkyl halides is 3. The van der Waals surface area contributed by atoms with Crippen molar-refractivity contribution in [1.82, 2.24) is 0 Å². The Hall–Kier alpha value is -3.93. The number of benzene rings is 3. The Kier molecular flexibility index (Phi) is 6.16. The molecule has 0 aliphatic carbocycles. The van der Waals surface area contributed by atoms with Gasteiger partial charge in [-0.2, -0.15) is 18.4 Å². The molecule has 1 N–H and O–H groups in total. The molecule has 32 heavy (non-hydrogen) atoms. The molecule has 4 nitrogen and oxygen atoms in total. The Bertz CT molecular complexity index is 1250. The zero-order chi connectivity index (χ0) is 23.6. The molecule has 0 heterocycles. The standard InChI is InChI=1S/C23H15F5N2O2/c1-12-3-7-18(13(2)9-12)32-19-8-5-16(23(26,27)28)21(25)20(19)22(31)30-15-4-6-17(24)14(10-15)11-29/h3-10H,1-2H3,(H,30,31). The van der Waals surface area contributed by atoms with Crippen molar-refractivity contribution in [3.8, 4) is 17.6 Å². The summed E-state index contributed by atoms with van der Waals surface area (Å²) in [7, 11) is 0. The molecule has 3 rings (SSSR count). The van der Waals surface area contributed by atoms with E-state index in [4.69, 9.17) is 10.00 Å². The third-order valence-electron chi connectivity index (χ3n) is 4.53. The highest BCUT2D eigenvalue weighted by molar-refractivity contribution is 6.06. The van der Waals surface area contributed by atoms with Gasteiger partial charge >= 0.3 is 6.18 Å². The topological polar surface area (TPSA) is 62.1 Å². The fourth-order valence-corrected chi connectivity index (χ4v) is 2.99. The molecule has 0 bridgehead atoms. The number of carbonyl (C=O) groups is 1. The second-order valence-corrected chi connectivity index (χ2v) is 6.93. The summed E-state index contributed by atoms with van der Waals surface area (Å²) in [4.78, 5) is 12.8. The largest absolute Gasteiger partial charge is 0.456 e. The number of amides is 1. The molecule has 0 aromatic heterocycles. The molecule has 0 atom stereocenters. The molecule has 0 unspecified atom stereocenters. The maximum atomic E-state index is 14.9.